The SMILES string of the molecule is CC(C)(C)OC(=O)NCC(C=O)Cc1cccc(F)c1. The number of ether oxygens (including phenoxy) is 1. The Bertz CT molecular complexity index is 468. The van der Waals surface area contributed by atoms with Crippen LogP contribution < -0.4 is 5.32 Å². The van der Waals surface area contributed by atoms with Gasteiger partial charge in [-0.2, -0.15) is 0 Å². The minimum atomic E-state index is -0.580. The summed E-state index contributed by atoms with van der Waals surface area (Å²) in [5.74, 6) is -0.753. The molecule has 0 aliphatic heterocycles. The van der Waals surface area contributed by atoms with Crippen LogP contribution in [0.1, 0.15) is 26.3 Å². The molecule has 0 saturated carbocycles. The van der Waals surface area contributed by atoms with Crippen LogP contribution in [0.3, 0.4) is 0 Å². The van der Waals surface area contributed by atoms with Gasteiger partial charge in [0.25, 0.3) is 0 Å². The number of hydrogen-bond donors (Lipinski definition) is 1. The zero-order chi connectivity index (χ0) is 15.2. The Kier molecular flexibility index (Phi) is 5.67. The van der Waals surface area contributed by atoms with Gasteiger partial charge in [-0.3, -0.25) is 0 Å². The van der Waals surface area contributed by atoms with Gasteiger partial charge < -0.3 is 14.8 Å². The van der Waals surface area contributed by atoms with Crippen LogP contribution in [0.25, 0.3) is 0 Å². The van der Waals surface area contributed by atoms with Crippen LogP contribution in [-0.4, -0.2) is 24.5 Å². The molecular formula is C15H20FNO3. The summed E-state index contributed by atoms with van der Waals surface area (Å²) in [6, 6.07) is 6.06. The van der Waals surface area contributed by atoms with Gasteiger partial charge in [-0.05, 0) is 44.9 Å². The number of amides is 1. The highest BCUT2D eigenvalue weighted by molar-refractivity contribution is 5.68. The smallest absolute Gasteiger partial charge is 0.407 e. The topological polar surface area (TPSA) is 55.4 Å². The van der Waals surface area contributed by atoms with Crippen LogP contribution >= 0.6 is 0 Å². The van der Waals surface area contributed by atoms with Gasteiger partial charge in [0.05, 0.1) is 0 Å². The summed E-state index contributed by atoms with van der Waals surface area (Å²) in [7, 11) is 0. The second kappa shape index (κ2) is 7.03. The number of hydrogen-bond acceptors (Lipinski definition) is 3. The Morgan fingerprint density at radius 2 is 2.15 bits per heavy atom. The van der Waals surface area contributed by atoms with E-state index in [1.807, 2.05) is 0 Å². The lowest BCUT2D eigenvalue weighted by molar-refractivity contribution is -0.110. The Hall–Kier alpha value is -1.91. The second-order valence-electron chi connectivity index (χ2n) is 5.61. The highest BCUT2D eigenvalue weighted by Crippen LogP contribution is 2.10. The minimum absolute atomic E-state index is 0.162. The molecule has 0 aliphatic rings. The summed E-state index contributed by atoms with van der Waals surface area (Å²) in [6.07, 6.45) is 0.558. The molecular weight excluding hydrogens is 261 g/mol. The van der Waals surface area contributed by atoms with Crippen molar-refractivity contribution in [2.24, 2.45) is 5.92 Å². The molecule has 1 N–H and O–H groups in total. The van der Waals surface area contributed by atoms with Gasteiger partial charge in [-0.25, -0.2) is 9.18 Å². The molecule has 1 rings (SSSR count). The summed E-state index contributed by atoms with van der Waals surface area (Å²) in [6.45, 7) is 5.44. The van der Waals surface area contributed by atoms with Crippen molar-refractivity contribution in [3.8, 4) is 0 Å². The van der Waals surface area contributed by atoms with Gasteiger partial charge in [-0.1, -0.05) is 12.1 Å². The third-order valence-electron chi connectivity index (χ3n) is 2.49. The van der Waals surface area contributed by atoms with E-state index in [1.54, 1.807) is 32.9 Å². The van der Waals surface area contributed by atoms with E-state index in [-0.39, 0.29) is 12.4 Å². The summed E-state index contributed by atoms with van der Waals surface area (Å²) < 4.78 is 18.1. The first-order chi connectivity index (χ1) is 9.30. The van der Waals surface area contributed by atoms with E-state index in [4.69, 9.17) is 4.74 Å². The van der Waals surface area contributed by atoms with Crippen LogP contribution in [0, 0.1) is 11.7 Å². The largest absolute Gasteiger partial charge is 0.444 e. The number of rotatable bonds is 5. The van der Waals surface area contributed by atoms with Gasteiger partial charge >= 0.3 is 6.09 Å². The first-order valence-electron chi connectivity index (χ1n) is 6.47. The number of nitrogens with one attached hydrogen (secondary N) is 1. The molecule has 1 unspecified atom stereocenters. The molecule has 0 spiro atoms. The van der Waals surface area contributed by atoms with E-state index in [0.29, 0.717) is 12.0 Å². The molecule has 4 nitrogen and oxygen atoms in total. The monoisotopic (exact) mass is 281 g/mol. The highest BCUT2D eigenvalue weighted by Gasteiger charge is 2.17. The van der Waals surface area contributed by atoms with Crippen molar-refractivity contribution in [2.45, 2.75) is 32.8 Å². The summed E-state index contributed by atoms with van der Waals surface area (Å²) >= 11 is 0. The third-order valence-corrected chi connectivity index (χ3v) is 2.49. The van der Waals surface area contributed by atoms with Crippen molar-refractivity contribution in [1.29, 1.82) is 0 Å². The molecule has 1 atom stereocenters. The molecule has 0 bridgehead atoms. The number of carbonyl (C=O) groups excluding carboxylic acids is 2. The van der Waals surface area contributed by atoms with Crippen LogP contribution in [0.15, 0.2) is 24.3 Å². The molecule has 0 saturated heterocycles. The van der Waals surface area contributed by atoms with E-state index in [0.717, 1.165) is 6.29 Å². The molecule has 0 radical (unpaired) electrons. The fourth-order valence-electron chi connectivity index (χ4n) is 1.66. The summed E-state index contributed by atoms with van der Waals surface area (Å²) in [5, 5.41) is 2.54. The minimum Gasteiger partial charge on any atom is -0.444 e. The van der Waals surface area contributed by atoms with Crippen molar-refractivity contribution in [2.75, 3.05) is 6.54 Å². The maximum Gasteiger partial charge on any atom is 0.407 e. The Balaban J connectivity index is 2.48. The molecule has 1 aromatic carbocycles. The molecule has 1 amide bonds. The van der Waals surface area contributed by atoms with Crippen LogP contribution in [0.2, 0.25) is 0 Å². The van der Waals surface area contributed by atoms with E-state index >= 15 is 0 Å². The first kappa shape index (κ1) is 16.1. The van der Waals surface area contributed by atoms with E-state index in [1.165, 1.54) is 12.1 Å². The second-order valence-corrected chi connectivity index (χ2v) is 5.61. The lowest BCUT2D eigenvalue weighted by Gasteiger charge is -2.20. The van der Waals surface area contributed by atoms with E-state index < -0.39 is 17.6 Å². The van der Waals surface area contributed by atoms with Gasteiger partial charge in [-0.15, -0.1) is 0 Å². The Morgan fingerprint density at radius 3 is 2.70 bits per heavy atom. The van der Waals surface area contributed by atoms with Gasteiger partial charge in [0.1, 0.15) is 17.7 Å². The van der Waals surface area contributed by atoms with Gasteiger partial charge in [0, 0.05) is 12.5 Å². The quantitative estimate of drug-likeness (QED) is 0.844. The maximum absolute atomic E-state index is 13.0. The first-order valence-corrected chi connectivity index (χ1v) is 6.47. The van der Waals surface area contributed by atoms with Crippen LogP contribution in [-0.2, 0) is 16.0 Å². The normalized spacial score (nSPS) is 12.6. The fourth-order valence-corrected chi connectivity index (χ4v) is 1.66. The molecule has 20 heavy (non-hydrogen) atoms. The van der Waals surface area contributed by atoms with Gasteiger partial charge in [0.15, 0.2) is 0 Å². The van der Waals surface area contributed by atoms with Crippen molar-refractivity contribution in [3.63, 3.8) is 0 Å². The lowest BCUT2D eigenvalue weighted by atomic mass is 10.0. The zero-order valence-corrected chi connectivity index (χ0v) is 12.0. The lowest BCUT2D eigenvalue weighted by Crippen LogP contribution is -2.36. The van der Waals surface area contributed by atoms with Crippen molar-refractivity contribution in [3.05, 3.63) is 35.6 Å². The van der Waals surface area contributed by atoms with Gasteiger partial charge in [0.2, 0.25) is 0 Å². The number of aldehydes is 1. The predicted octanol–water partition coefficient (Wildman–Crippen LogP) is 2.71. The molecule has 5 heteroatoms. The average Bonchev–Trinajstić information content (AvgIpc) is 2.32. The Labute approximate surface area is 118 Å². The maximum atomic E-state index is 13.0. The van der Waals surface area contributed by atoms with Crippen molar-refractivity contribution >= 4 is 12.4 Å². The zero-order valence-electron chi connectivity index (χ0n) is 12.0. The number of benzene rings is 1. The predicted molar refractivity (Wildman–Crippen MR) is 73.9 cm³/mol. The van der Waals surface area contributed by atoms with E-state index in [9.17, 15) is 14.0 Å². The molecule has 1 aromatic rings. The fraction of sp³-hybridized carbons (Fsp3) is 0.467. The number of carbonyl (C=O) groups is 2. The van der Waals surface area contributed by atoms with Crippen LogP contribution in [0.4, 0.5) is 9.18 Å². The van der Waals surface area contributed by atoms with Crippen LogP contribution in [0.5, 0.6) is 0 Å². The molecule has 0 aromatic heterocycles. The number of alkyl carbamates (subject to hydrolysis) is 1. The van der Waals surface area contributed by atoms with Crippen molar-refractivity contribution < 1.29 is 18.7 Å². The third kappa shape index (κ3) is 6.31. The summed E-state index contributed by atoms with van der Waals surface area (Å²) in [4.78, 5) is 22.5. The van der Waals surface area contributed by atoms with Crippen molar-refractivity contribution in [1.82, 2.24) is 5.32 Å². The number of halogens is 1. The molecule has 110 valence electrons. The molecule has 0 aliphatic carbocycles. The summed E-state index contributed by atoms with van der Waals surface area (Å²) in [5.41, 5.74) is 0.136. The van der Waals surface area contributed by atoms with E-state index in [2.05, 4.69) is 5.32 Å². The molecule has 0 fully saturated rings. The Morgan fingerprint density at radius 1 is 1.45 bits per heavy atom. The highest BCUT2D eigenvalue weighted by atomic mass is 19.1. The average molecular weight is 281 g/mol. The standard InChI is InChI=1S/C15H20FNO3/c1-15(2,3)20-14(19)17-9-12(10-18)7-11-5-4-6-13(16)8-11/h4-6,8,10,12H,7,9H2,1-3H3,(H,17,19). The molecule has 0 heterocycles.